The first-order valence-electron chi connectivity index (χ1n) is 8.60. The first-order chi connectivity index (χ1) is 10.1. The van der Waals surface area contributed by atoms with Crippen molar-refractivity contribution in [1.29, 1.82) is 0 Å². The molecule has 0 aromatic carbocycles. The molecule has 3 unspecified atom stereocenters. The fourth-order valence-electron chi connectivity index (χ4n) is 3.66. The van der Waals surface area contributed by atoms with E-state index >= 15 is 0 Å². The highest BCUT2D eigenvalue weighted by Gasteiger charge is 2.39. The molecule has 2 rings (SSSR count). The van der Waals surface area contributed by atoms with Crippen LogP contribution in [0.5, 0.6) is 0 Å². The third-order valence-electron chi connectivity index (χ3n) is 5.22. The highest BCUT2D eigenvalue weighted by molar-refractivity contribution is 5.73. The average molecular weight is 298 g/mol. The summed E-state index contributed by atoms with van der Waals surface area (Å²) in [5, 5.41) is 0. The molecule has 0 spiro atoms. The Kier molecular flexibility index (Phi) is 6.06. The van der Waals surface area contributed by atoms with Gasteiger partial charge in [0.25, 0.3) is 0 Å². The molecule has 3 atom stereocenters. The lowest BCUT2D eigenvalue weighted by molar-refractivity contribution is -0.178. The summed E-state index contributed by atoms with van der Waals surface area (Å²) in [4.78, 5) is 12.3. The van der Waals surface area contributed by atoms with Crippen LogP contribution in [0, 0.1) is 5.92 Å². The van der Waals surface area contributed by atoms with Crippen LogP contribution >= 0.6 is 0 Å². The van der Waals surface area contributed by atoms with Crippen LogP contribution in [0.1, 0.15) is 72.1 Å². The van der Waals surface area contributed by atoms with E-state index in [9.17, 15) is 4.79 Å². The van der Waals surface area contributed by atoms with Crippen LogP contribution in [0.4, 0.5) is 0 Å². The summed E-state index contributed by atoms with van der Waals surface area (Å²) in [5.74, 6) is -0.272. The first-order valence-corrected chi connectivity index (χ1v) is 8.60. The van der Waals surface area contributed by atoms with Crippen LogP contribution in [-0.2, 0) is 19.0 Å². The van der Waals surface area contributed by atoms with Crippen molar-refractivity contribution in [2.75, 3.05) is 6.79 Å². The Balaban J connectivity index is 1.78. The summed E-state index contributed by atoms with van der Waals surface area (Å²) in [6, 6.07) is 0. The minimum atomic E-state index is -0.151. The lowest BCUT2D eigenvalue weighted by Gasteiger charge is -2.27. The minimum absolute atomic E-state index is 0.00839. The summed E-state index contributed by atoms with van der Waals surface area (Å²) in [6.07, 6.45) is 8.40. The molecule has 1 saturated heterocycles. The number of esters is 1. The Bertz CT molecular complexity index is 336. The third-order valence-corrected chi connectivity index (χ3v) is 5.22. The van der Waals surface area contributed by atoms with Gasteiger partial charge in [-0.3, -0.25) is 4.79 Å². The number of carbonyl (C=O) groups excluding carboxylic acids is 1. The van der Waals surface area contributed by atoms with Gasteiger partial charge < -0.3 is 14.2 Å². The molecule has 0 bridgehead atoms. The van der Waals surface area contributed by atoms with Crippen molar-refractivity contribution in [2.45, 2.75) is 89.9 Å². The largest absolute Gasteiger partial charge is 0.438 e. The van der Waals surface area contributed by atoms with E-state index in [1.54, 1.807) is 0 Å². The molecule has 4 nitrogen and oxygen atoms in total. The van der Waals surface area contributed by atoms with E-state index in [4.69, 9.17) is 14.2 Å². The molecule has 0 radical (unpaired) electrons. The maximum atomic E-state index is 12.3. The molecule has 21 heavy (non-hydrogen) atoms. The molecule has 122 valence electrons. The molecule has 4 heteroatoms. The van der Waals surface area contributed by atoms with E-state index in [0.29, 0.717) is 0 Å². The van der Waals surface area contributed by atoms with E-state index < -0.39 is 0 Å². The van der Waals surface area contributed by atoms with Gasteiger partial charge in [0.1, 0.15) is 0 Å². The number of hydrogen-bond donors (Lipinski definition) is 0. The molecule has 0 aromatic rings. The molecule has 2 fully saturated rings. The fourth-order valence-corrected chi connectivity index (χ4v) is 3.66. The molecule has 0 aromatic heterocycles. The first kappa shape index (κ1) is 16.8. The number of hydrogen-bond acceptors (Lipinski definition) is 4. The van der Waals surface area contributed by atoms with Crippen LogP contribution in [0.3, 0.4) is 0 Å². The van der Waals surface area contributed by atoms with Gasteiger partial charge in [-0.25, -0.2) is 0 Å². The molecule has 0 N–H and O–H groups in total. The number of rotatable bonds is 7. The highest BCUT2D eigenvalue weighted by atomic mass is 16.7. The second-order valence-corrected chi connectivity index (χ2v) is 6.42. The number of ether oxygens (including phenoxy) is 3. The summed E-state index contributed by atoms with van der Waals surface area (Å²) < 4.78 is 17.2. The van der Waals surface area contributed by atoms with Gasteiger partial charge >= 0.3 is 5.97 Å². The monoisotopic (exact) mass is 298 g/mol. The zero-order chi connectivity index (χ0) is 15.3. The van der Waals surface area contributed by atoms with Crippen molar-refractivity contribution in [3.63, 3.8) is 0 Å². The number of carbonyl (C=O) groups is 1. The molecule has 0 amide bonds. The van der Waals surface area contributed by atoms with Crippen LogP contribution in [-0.4, -0.2) is 30.6 Å². The smallest absolute Gasteiger partial charge is 0.313 e. The van der Waals surface area contributed by atoms with Crippen molar-refractivity contribution in [3.05, 3.63) is 0 Å². The molecular weight excluding hydrogens is 268 g/mol. The van der Waals surface area contributed by atoms with Crippen molar-refractivity contribution >= 4 is 5.97 Å². The lowest BCUT2D eigenvalue weighted by Crippen LogP contribution is -2.32. The Morgan fingerprint density at radius 1 is 1.19 bits per heavy atom. The zero-order valence-corrected chi connectivity index (χ0v) is 13.7. The second kappa shape index (κ2) is 7.59. The van der Waals surface area contributed by atoms with Crippen LogP contribution < -0.4 is 0 Å². The van der Waals surface area contributed by atoms with E-state index in [2.05, 4.69) is 20.8 Å². The van der Waals surface area contributed by atoms with Gasteiger partial charge in [0.15, 0.2) is 6.79 Å². The standard InChI is InChI=1S/C17H30O4/c1-4-13-11-14(15(5-2)21-13)16(18)19-12-20-17(6-3)9-7-8-10-17/h13-15H,4-12H2,1-3H3. The van der Waals surface area contributed by atoms with Gasteiger partial charge in [-0.1, -0.05) is 33.6 Å². The highest BCUT2D eigenvalue weighted by Crippen LogP contribution is 2.36. The van der Waals surface area contributed by atoms with Gasteiger partial charge in [0.05, 0.1) is 23.7 Å². The predicted octanol–water partition coefficient (Wildman–Crippen LogP) is 3.82. The maximum Gasteiger partial charge on any atom is 0.313 e. The molecule has 1 heterocycles. The topological polar surface area (TPSA) is 44.8 Å². The van der Waals surface area contributed by atoms with Crippen molar-refractivity contribution in [3.8, 4) is 0 Å². The molecule has 1 aliphatic carbocycles. The van der Waals surface area contributed by atoms with Gasteiger partial charge in [-0.15, -0.1) is 0 Å². The van der Waals surface area contributed by atoms with E-state index in [-0.39, 0.29) is 36.5 Å². The van der Waals surface area contributed by atoms with Crippen LogP contribution in [0.2, 0.25) is 0 Å². The Morgan fingerprint density at radius 2 is 1.90 bits per heavy atom. The molecule has 2 aliphatic rings. The van der Waals surface area contributed by atoms with Crippen LogP contribution in [0.15, 0.2) is 0 Å². The summed E-state index contributed by atoms with van der Waals surface area (Å²) in [6.45, 7) is 6.40. The second-order valence-electron chi connectivity index (χ2n) is 6.42. The van der Waals surface area contributed by atoms with Crippen molar-refractivity contribution in [1.82, 2.24) is 0 Å². The third kappa shape index (κ3) is 3.98. The summed E-state index contributed by atoms with van der Waals surface area (Å²) >= 11 is 0. The quantitative estimate of drug-likeness (QED) is 0.529. The predicted molar refractivity (Wildman–Crippen MR) is 80.9 cm³/mol. The van der Waals surface area contributed by atoms with Gasteiger partial charge in [-0.2, -0.15) is 0 Å². The average Bonchev–Trinajstić information content (AvgIpc) is 3.14. The summed E-state index contributed by atoms with van der Waals surface area (Å²) in [5.41, 5.74) is -0.0530. The van der Waals surface area contributed by atoms with E-state index in [0.717, 1.165) is 38.5 Å². The summed E-state index contributed by atoms with van der Waals surface area (Å²) in [7, 11) is 0. The molecular formula is C17H30O4. The Labute approximate surface area is 128 Å². The zero-order valence-electron chi connectivity index (χ0n) is 13.7. The molecule has 1 aliphatic heterocycles. The van der Waals surface area contributed by atoms with Crippen molar-refractivity contribution < 1.29 is 19.0 Å². The van der Waals surface area contributed by atoms with E-state index in [1.165, 1.54) is 12.8 Å². The maximum absolute atomic E-state index is 12.3. The van der Waals surface area contributed by atoms with Gasteiger partial charge in [-0.05, 0) is 38.5 Å². The fraction of sp³-hybridized carbons (Fsp3) is 0.941. The van der Waals surface area contributed by atoms with Gasteiger partial charge in [0, 0.05) is 0 Å². The van der Waals surface area contributed by atoms with Gasteiger partial charge in [0.2, 0.25) is 0 Å². The van der Waals surface area contributed by atoms with Crippen molar-refractivity contribution in [2.24, 2.45) is 5.92 Å². The normalized spacial score (nSPS) is 31.5. The van der Waals surface area contributed by atoms with Crippen LogP contribution in [0.25, 0.3) is 0 Å². The molecule has 1 saturated carbocycles. The van der Waals surface area contributed by atoms with E-state index in [1.807, 2.05) is 0 Å². The Morgan fingerprint density at radius 3 is 2.48 bits per heavy atom. The lowest BCUT2D eigenvalue weighted by atomic mass is 9.97. The Hall–Kier alpha value is -0.610. The SMILES string of the molecule is CCC1CC(C(=O)OCOC2(CC)CCCC2)C(CC)O1. The minimum Gasteiger partial charge on any atom is -0.438 e.